The monoisotopic (exact) mass is 254 g/mol. The zero-order chi connectivity index (χ0) is 13.6. The van der Waals surface area contributed by atoms with Crippen molar-refractivity contribution in [2.75, 3.05) is 20.3 Å². The third kappa shape index (κ3) is 11.9. The summed E-state index contributed by atoms with van der Waals surface area (Å²) >= 11 is 0. The van der Waals surface area contributed by atoms with Crippen LogP contribution in [0.5, 0.6) is 0 Å². The van der Waals surface area contributed by atoms with Crippen LogP contribution in [0.3, 0.4) is 0 Å². The minimum Gasteiger partial charge on any atom is -0.377 e. The lowest BCUT2D eigenvalue weighted by Gasteiger charge is -2.10. The molecule has 0 radical (unpaired) electrons. The summed E-state index contributed by atoms with van der Waals surface area (Å²) < 4.78 is 10.8. The normalized spacial score (nSPS) is 13.1. The van der Waals surface area contributed by atoms with E-state index in [0.29, 0.717) is 13.2 Å². The molecule has 0 aromatic carbocycles. The van der Waals surface area contributed by atoms with E-state index in [1.807, 2.05) is 13.0 Å². The molecule has 0 fully saturated rings. The Morgan fingerprint density at radius 2 is 1.94 bits per heavy atom. The summed E-state index contributed by atoms with van der Waals surface area (Å²) in [6.45, 7) is 9.29. The van der Waals surface area contributed by atoms with Crippen LogP contribution in [0, 0.1) is 0 Å². The van der Waals surface area contributed by atoms with Gasteiger partial charge in [0.05, 0.1) is 19.3 Å². The lowest BCUT2D eigenvalue weighted by Crippen LogP contribution is -2.07. The summed E-state index contributed by atoms with van der Waals surface area (Å²) in [7, 11) is 1.77. The molecular weight excluding hydrogens is 224 g/mol. The number of methoxy groups -OCH3 is 1. The second kappa shape index (κ2) is 12.8. The second-order valence-electron chi connectivity index (χ2n) is 4.88. The van der Waals surface area contributed by atoms with Crippen molar-refractivity contribution in [1.82, 2.24) is 0 Å². The average molecular weight is 254 g/mol. The Morgan fingerprint density at radius 3 is 2.56 bits per heavy atom. The third-order valence-corrected chi connectivity index (χ3v) is 2.81. The number of hydrogen-bond donors (Lipinski definition) is 0. The maximum atomic E-state index is 5.42. The number of hydrogen-bond acceptors (Lipinski definition) is 2. The van der Waals surface area contributed by atoms with E-state index in [0.717, 1.165) is 12.0 Å². The molecule has 0 aliphatic heterocycles. The van der Waals surface area contributed by atoms with Gasteiger partial charge in [0.1, 0.15) is 0 Å². The van der Waals surface area contributed by atoms with Crippen LogP contribution in [-0.2, 0) is 9.47 Å². The van der Waals surface area contributed by atoms with Gasteiger partial charge in [0.25, 0.3) is 0 Å². The molecule has 2 heteroatoms. The first-order valence-corrected chi connectivity index (χ1v) is 7.12. The summed E-state index contributed by atoms with van der Waals surface area (Å²) in [5, 5.41) is 0. The molecule has 0 aliphatic carbocycles. The molecule has 106 valence electrons. The first-order chi connectivity index (χ1) is 8.70. The maximum Gasteiger partial charge on any atom is 0.0752 e. The SMILES string of the molecule is C=C(C)COC/C=C\C(CCCCCCC)OC. The van der Waals surface area contributed by atoms with E-state index in [1.54, 1.807) is 7.11 Å². The van der Waals surface area contributed by atoms with Crippen LogP contribution in [0.15, 0.2) is 24.3 Å². The minimum absolute atomic E-state index is 0.236. The Balaban J connectivity index is 3.55. The Bertz CT molecular complexity index is 221. The zero-order valence-electron chi connectivity index (χ0n) is 12.4. The molecule has 0 aromatic rings. The van der Waals surface area contributed by atoms with Gasteiger partial charge in [-0.25, -0.2) is 0 Å². The van der Waals surface area contributed by atoms with Gasteiger partial charge < -0.3 is 9.47 Å². The van der Waals surface area contributed by atoms with Gasteiger partial charge in [0.15, 0.2) is 0 Å². The molecule has 0 aromatic heterocycles. The van der Waals surface area contributed by atoms with E-state index in [2.05, 4.69) is 19.6 Å². The van der Waals surface area contributed by atoms with Gasteiger partial charge in [-0.3, -0.25) is 0 Å². The fourth-order valence-corrected chi connectivity index (χ4v) is 1.75. The molecule has 0 N–H and O–H groups in total. The van der Waals surface area contributed by atoms with Gasteiger partial charge in [-0.05, 0) is 13.3 Å². The van der Waals surface area contributed by atoms with Crippen molar-refractivity contribution in [2.24, 2.45) is 0 Å². The van der Waals surface area contributed by atoms with Crippen LogP contribution < -0.4 is 0 Å². The Morgan fingerprint density at radius 1 is 1.22 bits per heavy atom. The van der Waals surface area contributed by atoms with Crippen molar-refractivity contribution < 1.29 is 9.47 Å². The fraction of sp³-hybridized carbons (Fsp3) is 0.750. The van der Waals surface area contributed by atoms with Gasteiger partial charge in [0, 0.05) is 7.11 Å². The molecule has 2 nitrogen and oxygen atoms in total. The second-order valence-corrected chi connectivity index (χ2v) is 4.88. The standard InChI is InChI=1S/C16H30O2/c1-5-6-7-8-9-11-16(17-4)12-10-13-18-14-15(2)3/h10,12,16H,2,5-9,11,13-14H2,1,3-4H3/b12-10-. The fourth-order valence-electron chi connectivity index (χ4n) is 1.75. The topological polar surface area (TPSA) is 18.5 Å². The quantitative estimate of drug-likeness (QED) is 0.377. The van der Waals surface area contributed by atoms with Gasteiger partial charge in [0.2, 0.25) is 0 Å². The molecule has 0 spiro atoms. The highest BCUT2D eigenvalue weighted by Crippen LogP contribution is 2.09. The van der Waals surface area contributed by atoms with Crippen LogP contribution in [0.4, 0.5) is 0 Å². The lowest BCUT2D eigenvalue weighted by atomic mass is 10.1. The Hall–Kier alpha value is -0.600. The maximum absolute atomic E-state index is 5.42. The van der Waals surface area contributed by atoms with Crippen molar-refractivity contribution in [3.05, 3.63) is 24.3 Å². The summed E-state index contributed by atoms with van der Waals surface area (Å²) in [6, 6.07) is 0. The molecular formula is C16H30O2. The molecule has 0 heterocycles. The third-order valence-electron chi connectivity index (χ3n) is 2.81. The molecule has 1 unspecified atom stereocenters. The van der Waals surface area contributed by atoms with Crippen molar-refractivity contribution in [3.63, 3.8) is 0 Å². The van der Waals surface area contributed by atoms with Crippen LogP contribution in [-0.4, -0.2) is 26.4 Å². The van der Waals surface area contributed by atoms with Crippen molar-refractivity contribution in [2.45, 2.75) is 58.5 Å². The molecule has 0 saturated heterocycles. The van der Waals surface area contributed by atoms with E-state index < -0.39 is 0 Å². The van der Waals surface area contributed by atoms with E-state index in [1.165, 1.54) is 32.1 Å². The summed E-state index contributed by atoms with van der Waals surface area (Å²) in [5.41, 5.74) is 1.06. The highest BCUT2D eigenvalue weighted by Gasteiger charge is 2.01. The van der Waals surface area contributed by atoms with Crippen LogP contribution in [0.1, 0.15) is 52.4 Å². The van der Waals surface area contributed by atoms with Crippen molar-refractivity contribution in [3.8, 4) is 0 Å². The van der Waals surface area contributed by atoms with Crippen molar-refractivity contribution >= 4 is 0 Å². The Labute approximate surface area is 113 Å². The summed E-state index contributed by atoms with van der Waals surface area (Å²) in [4.78, 5) is 0. The highest BCUT2D eigenvalue weighted by molar-refractivity contribution is 4.91. The number of ether oxygens (including phenoxy) is 2. The van der Waals surface area contributed by atoms with Crippen LogP contribution in [0.25, 0.3) is 0 Å². The molecule has 0 amide bonds. The van der Waals surface area contributed by atoms with Gasteiger partial charge in [-0.1, -0.05) is 63.3 Å². The molecule has 1 atom stereocenters. The minimum atomic E-state index is 0.236. The first-order valence-electron chi connectivity index (χ1n) is 7.12. The van der Waals surface area contributed by atoms with Gasteiger partial charge >= 0.3 is 0 Å². The smallest absolute Gasteiger partial charge is 0.0752 e. The van der Waals surface area contributed by atoms with E-state index >= 15 is 0 Å². The first kappa shape index (κ1) is 17.4. The van der Waals surface area contributed by atoms with Gasteiger partial charge in [-0.2, -0.15) is 0 Å². The highest BCUT2D eigenvalue weighted by atomic mass is 16.5. The van der Waals surface area contributed by atoms with E-state index in [-0.39, 0.29) is 6.10 Å². The van der Waals surface area contributed by atoms with Crippen LogP contribution in [0.2, 0.25) is 0 Å². The lowest BCUT2D eigenvalue weighted by molar-refractivity contribution is 0.129. The van der Waals surface area contributed by atoms with E-state index in [4.69, 9.17) is 9.47 Å². The molecule has 0 saturated carbocycles. The average Bonchev–Trinajstić information content (AvgIpc) is 2.35. The summed E-state index contributed by atoms with van der Waals surface area (Å²) in [5.74, 6) is 0. The predicted octanol–water partition coefficient (Wildman–Crippen LogP) is 4.51. The number of rotatable bonds is 12. The largest absolute Gasteiger partial charge is 0.377 e. The molecule has 18 heavy (non-hydrogen) atoms. The summed E-state index contributed by atoms with van der Waals surface area (Å²) in [6.07, 6.45) is 12.1. The van der Waals surface area contributed by atoms with Crippen molar-refractivity contribution in [1.29, 1.82) is 0 Å². The molecule has 0 bridgehead atoms. The zero-order valence-corrected chi connectivity index (χ0v) is 12.4. The predicted molar refractivity (Wildman–Crippen MR) is 78.9 cm³/mol. The van der Waals surface area contributed by atoms with E-state index in [9.17, 15) is 0 Å². The van der Waals surface area contributed by atoms with Gasteiger partial charge in [-0.15, -0.1) is 0 Å². The Kier molecular flexibility index (Phi) is 12.4. The van der Waals surface area contributed by atoms with Crippen LogP contribution >= 0.6 is 0 Å². The number of unbranched alkanes of at least 4 members (excludes halogenated alkanes) is 4. The molecule has 0 aliphatic rings. The molecule has 0 rings (SSSR count).